The molecule has 0 bridgehead atoms. The summed E-state index contributed by atoms with van der Waals surface area (Å²) in [7, 11) is 0. The Hall–Kier alpha value is -1.66. The normalized spacial score (nSPS) is 12.7. The van der Waals surface area contributed by atoms with Gasteiger partial charge in [-0.05, 0) is 57.8 Å². The van der Waals surface area contributed by atoms with Gasteiger partial charge < -0.3 is 20.3 Å². The van der Waals surface area contributed by atoms with E-state index in [0.717, 1.165) is 77.0 Å². The quantitative estimate of drug-likeness (QED) is 0.0321. The highest BCUT2D eigenvalue weighted by molar-refractivity contribution is 5.76. The van der Waals surface area contributed by atoms with Crippen LogP contribution in [-0.4, -0.2) is 47.4 Å². The van der Waals surface area contributed by atoms with Gasteiger partial charge in [0.15, 0.2) is 0 Å². The van der Waals surface area contributed by atoms with Crippen molar-refractivity contribution < 1.29 is 24.5 Å². The lowest BCUT2D eigenvalue weighted by Crippen LogP contribution is -2.45. The number of hydrogen-bond acceptors (Lipinski definition) is 5. The van der Waals surface area contributed by atoms with Gasteiger partial charge in [0, 0.05) is 12.8 Å². The van der Waals surface area contributed by atoms with E-state index in [2.05, 4.69) is 31.3 Å². The number of carbonyl (C=O) groups is 2. The molecule has 3 N–H and O–H groups in total. The number of unbranched alkanes of at least 4 members (excludes halogenated alkanes) is 44. The van der Waals surface area contributed by atoms with Crippen molar-refractivity contribution in [1.29, 1.82) is 0 Å². The fraction of sp³-hybridized carbons (Fsp3) is 0.903. The second-order valence-electron chi connectivity index (χ2n) is 21.0. The molecule has 2 unspecified atom stereocenters. The topological polar surface area (TPSA) is 95.9 Å². The van der Waals surface area contributed by atoms with Crippen LogP contribution in [0.1, 0.15) is 335 Å². The van der Waals surface area contributed by atoms with Crippen molar-refractivity contribution in [1.82, 2.24) is 5.32 Å². The zero-order valence-corrected chi connectivity index (χ0v) is 45.9. The molecule has 0 saturated carbocycles. The molecule has 68 heavy (non-hydrogen) atoms. The van der Waals surface area contributed by atoms with Crippen molar-refractivity contribution in [2.75, 3.05) is 13.2 Å². The molecule has 0 saturated heterocycles. The number of aliphatic hydroxyl groups is 2. The van der Waals surface area contributed by atoms with E-state index in [1.807, 2.05) is 6.08 Å². The summed E-state index contributed by atoms with van der Waals surface area (Å²) in [4.78, 5) is 24.6. The Balaban J connectivity index is 3.52. The predicted octanol–water partition coefficient (Wildman–Crippen LogP) is 19.0. The van der Waals surface area contributed by atoms with Crippen molar-refractivity contribution in [3.05, 3.63) is 24.3 Å². The first-order valence-electron chi connectivity index (χ1n) is 30.6. The maximum Gasteiger partial charge on any atom is 0.305 e. The molecule has 0 radical (unpaired) electrons. The number of rotatable bonds is 57. The summed E-state index contributed by atoms with van der Waals surface area (Å²) >= 11 is 0. The number of nitrogens with one attached hydrogen (secondary N) is 1. The molecular formula is C62H119NO5. The molecule has 6 nitrogen and oxygen atoms in total. The molecule has 2 atom stereocenters. The van der Waals surface area contributed by atoms with Crippen molar-refractivity contribution >= 4 is 11.9 Å². The van der Waals surface area contributed by atoms with Gasteiger partial charge in [0.2, 0.25) is 5.91 Å². The number of ether oxygens (including phenoxy) is 1. The fourth-order valence-corrected chi connectivity index (χ4v) is 9.51. The molecule has 0 aliphatic carbocycles. The maximum absolute atomic E-state index is 12.5. The minimum Gasteiger partial charge on any atom is -0.466 e. The molecule has 6 heteroatoms. The summed E-state index contributed by atoms with van der Waals surface area (Å²) in [5.41, 5.74) is 0. The monoisotopic (exact) mass is 958 g/mol. The van der Waals surface area contributed by atoms with Gasteiger partial charge >= 0.3 is 5.97 Å². The van der Waals surface area contributed by atoms with Crippen molar-refractivity contribution in [3.8, 4) is 0 Å². The number of esters is 1. The summed E-state index contributed by atoms with van der Waals surface area (Å²) in [6.07, 6.45) is 70.7. The Labute approximate surface area is 424 Å². The molecule has 0 aromatic rings. The van der Waals surface area contributed by atoms with Gasteiger partial charge in [-0.25, -0.2) is 0 Å². The molecule has 0 aromatic carbocycles. The number of aliphatic hydroxyl groups excluding tert-OH is 2. The van der Waals surface area contributed by atoms with E-state index in [0.29, 0.717) is 19.4 Å². The Morgan fingerprint density at radius 2 is 0.691 bits per heavy atom. The standard InChI is InChI=1S/C62H119NO5/c1-3-5-7-9-11-13-15-17-19-21-23-24-25-26-27-28-30-32-34-38-42-46-50-54-60(65)59(58-64)63-61(66)55-51-47-43-39-36-37-41-45-49-53-57-68-62(67)56-52-48-44-40-35-33-31-29-22-20-18-16-14-12-10-8-6-4-2/h37,41,50,54,59-60,64-65H,3-36,38-40,42-49,51-53,55-58H2,1-2H3,(H,63,66)/b41-37-,54-50+. The third-order valence-corrected chi connectivity index (χ3v) is 14.2. The first kappa shape index (κ1) is 66.3. The Morgan fingerprint density at radius 1 is 0.397 bits per heavy atom. The average molecular weight is 959 g/mol. The first-order chi connectivity index (χ1) is 33.5. The number of carbonyl (C=O) groups excluding carboxylic acids is 2. The smallest absolute Gasteiger partial charge is 0.305 e. The molecule has 0 heterocycles. The highest BCUT2D eigenvalue weighted by Gasteiger charge is 2.18. The lowest BCUT2D eigenvalue weighted by Gasteiger charge is -2.20. The van der Waals surface area contributed by atoms with Gasteiger partial charge in [0.1, 0.15) is 0 Å². The number of allylic oxidation sites excluding steroid dienone is 3. The summed E-state index contributed by atoms with van der Waals surface area (Å²) in [5.74, 6) is -0.133. The molecule has 0 rings (SSSR count). The zero-order valence-electron chi connectivity index (χ0n) is 45.9. The molecule has 0 fully saturated rings. The highest BCUT2D eigenvalue weighted by Crippen LogP contribution is 2.18. The van der Waals surface area contributed by atoms with Crippen LogP contribution in [0.5, 0.6) is 0 Å². The molecular weight excluding hydrogens is 839 g/mol. The van der Waals surface area contributed by atoms with Gasteiger partial charge in [0.05, 0.1) is 25.4 Å². The van der Waals surface area contributed by atoms with Crippen LogP contribution < -0.4 is 5.32 Å². The minimum absolute atomic E-state index is 0.0332. The van der Waals surface area contributed by atoms with Gasteiger partial charge in [-0.2, -0.15) is 0 Å². The summed E-state index contributed by atoms with van der Waals surface area (Å²) in [6.45, 7) is 4.85. The van der Waals surface area contributed by atoms with Gasteiger partial charge in [-0.15, -0.1) is 0 Å². The van der Waals surface area contributed by atoms with Crippen LogP contribution >= 0.6 is 0 Å². The lowest BCUT2D eigenvalue weighted by molar-refractivity contribution is -0.143. The predicted molar refractivity (Wildman–Crippen MR) is 296 cm³/mol. The van der Waals surface area contributed by atoms with Crippen LogP contribution in [0.15, 0.2) is 24.3 Å². The van der Waals surface area contributed by atoms with Gasteiger partial charge in [-0.1, -0.05) is 289 Å². The Bertz CT molecular complexity index is 1060. The van der Waals surface area contributed by atoms with E-state index in [1.54, 1.807) is 6.08 Å². The van der Waals surface area contributed by atoms with E-state index in [1.165, 1.54) is 231 Å². The van der Waals surface area contributed by atoms with Crippen molar-refractivity contribution in [2.24, 2.45) is 0 Å². The van der Waals surface area contributed by atoms with Gasteiger partial charge in [0.25, 0.3) is 0 Å². The summed E-state index contributed by atoms with van der Waals surface area (Å²) in [5, 5.41) is 23.2. The van der Waals surface area contributed by atoms with Crippen LogP contribution in [0, 0.1) is 0 Å². The largest absolute Gasteiger partial charge is 0.466 e. The first-order valence-corrected chi connectivity index (χ1v) is 30.6. The average Bonchev–Trinajstić information content (AvgIpc) is 3.34. The molecule has 0 aliphatic rings. The lowest BCUT2D eigenvalue weighted by atomic mass is 10.0. The summed E-state index contributed by atoms with van der Waals surface area (Å²) in [6, 6.07) is -0.654. The number of hydrogen-bond donors (Lipinski definition) is 3. The second kappa shape index (κ2) is 57.9. The van der Waals surface area contributed by atoms with Crippen LogP contribution in [0.3, 0.4) is 0 Å². The molecule has 0 spiro atoms. The minimum atomic E-state index is -0.867. The maximum atomic E-state index is 12.5. The summed E-state index contributed by atoms with van der Waals surface area (Å²) < 4.78 is 5.46. The number of amides is 1. The Morgan fingerprint density at radius 3 is 1.04 bits per heavy atom. The third-order valence-electron chi connectivity index (χ3n) is 14.2. The van der Waals surface area contributed by atoms with Crippen LogP contribution in [-0.2, 0) is 14.3 Å². The van der Waals surface area contributed by atoms with Crippen LogP contribution in [0.25, 0.3) is 0 Å². The van der Waals surface area contributed by atoms with Crippen LogP contribution in [0.2, 0.25) is 0 Å². The van der Waals surface area contributed by atoms with Crippen molar-refractivity contribution in [2.45, 2.75) is 347 Å². The second-order valence-corrected chi connectivity index (χ2v) is 21.0. The van der Waals surface area contributed by atoms with Crippen molar-refractivity contribution in [3.63, 3.8) is 0 Å². The Kier molecular flexibility index (Phi) is 56.5. The molecule has 0 aliphatic heterocycles. The molecule has 1 amide bonds. The van der Waals surface area contributed by atoms with E-state index in [-0.39, 0.29) is 18.5 Å². The van der Waals surface area contributed by atoms with E-state index >= 15 is 0 Å². The SMILES string of the molecule is CCCCCCCCCCCCCCCCCCCCCCC/C=C/C(O)C(CO)NC(=O)CCCCCC/C=C\CCCCOC(=O)CCCCCCCCCCCCCCCCCCCC. The van der Waals surface area contributed by atoms with Crippen LogP contribution in [0.4, 0.5) is 0 Å². The van der Waals surface area contributed by atoms with E-state index in [9.17, 15) is 19.8 Å². The van der Waals surface area contributed by atoms with Gasteiger partial charge in [-0.3, -0.25) is 9.59 Å². The zero-order chi connectivity index (χ0) is 49.3. The molecule has 402 valence electrons. The highest BCUT2D eigenvalue weighted by atomic mass is 16.5. The van der Waals surface area contributed by atoms with E-state index < -0.39 is 12.1 Å². The van der Waals surface area contributed by atoms with E-state index in [4.69, 9.17) is 4.74 Å². The molecule has 0 aromatic heterocycles. The fourth-order valence-electron chi connectivity index (χ4n) is 9.51. The third kappa shape index (κ3) is 53.7.